The summed E-state index contributed by atoms with van der Waals surface area (Å²) in [6.45, 7) is 6.05. The van der Waals surface area contributed by atoms with Gasteiger partial charge in [-0.3, -0.25) is 4.79 Å². The summed E-state index contributed by atoms with van der Waals surface area (Å²) < 4.78 is 5.59. The molecule has 0 aromatic heterocycles. The lowest BCUT2D eigenvalue weighted by Crippen LogP contribution is -2.42. The van der Waals surface area contributed by atoms with Gasteiger partial charge in [0.2, 0.25) is 5.91 Å². The molecule has 0 bridgehead atoms. The highest BCUT2D eigenvalue weighted by Crippen LogP contribution is 2.18. The average Bonchev–Trinajstić information content (AvgIpc) is 2.39. The minimum Gasteiger partial charge on any atom is -0.378 e. The fraction of sp³-hybridized carbons (Fsp3) is 0.929. The predicted octanol–water partition coefficient (Wildman–Crippen LogP) is 1.31. The Bertz CT molecular complexity index is 265. The van der Waals surface area contributed by atoms with Crippen LogP contribution >= 0.6 is 0 Å². The van der Waals surface area contributed by atoms with Gasteiger partial charge in [-0.2, -0.15) is 0 Å². The molecule has 2 aliphatic rings. The van der Waals surface area contributed by atoms with Gasteiger partial charge in [0.15, 0.2) is 0 Å². The molecule has 3 atom stereocenters. The molecular weight excluding hydrogens is 228 g/mol. The summed E-state index contributed by atoms with van der Waals surface area (Å²) in [5.74, 6) is 1.44. The van der Waals surface area contributed by atoms with E-state index in [0.717, 1.165) is 39.1 Å². The van der Waals surface area contributed by atoms with Crippen LogP contribution in [0.25, 0.3) is 0 Å². The summed E-state index contributed by atoms with van der Waals surface area (Å²) in [4.78, 5) is 11.8. The molecule has 18 heavy (non-hydrogen) atoms. The average molecular weight is 254 g/mol. The van der Waals surface area contributed by atoms with Gasteiger partial charge >= 0.3 is 0 Å². The molecule has 4 heteroatoms. The third-order valence-electron chi connectivity index (χ3n) is 4.24. The molecule has 2 heterocycles. The molecule has 0 aromatic carbocycles. The highest BCUT2D eigenvalue weighted by molar-refractivity contribution is 5.76. The molecule has 0 aromatic rings. The van der Waals surface area contributed by atoms with E-state index in [1.807, 2.05) is 0 Å². The minimum absolute atomic E-state index is 0.152. The molecule has 2 saturated heterocycles. The summed E-state index contributed by atoms with van der Waals surface area (Å²) in [5, 5.41) is 6.47. The lowest BCUT2D eigenvalue weighted by molar-refractivity contribution is -0.125. The number of rotatable bonds is 4. The fourth-order valence-corrected chi connectivity index (χ4v) is 2.82. The summed E-state index contributed by atoms with van der Waals surface area (Å²) >= 11 is 0. The first-order valence-electron chi connectivity index (χ1n) is 7.34. The Balaban J connectivity index is 1.64. The monoisotopic (exact) mass is 254 g/mol. The number of hydrogen-bond donors (Lipinski definition) is 2. The number of carbonyl (C=O) groups excluding carboxylic acids is 1. The summed E-state index contributed by atoms with van der Waals surface area (Å²) in [6.07, 6.45) is 5.28. The van der Waals surface area contributed by atoms with Gasteiger partial charge in [-0.05, 0) is 50.6 Å². The van der Waals surface area contributed by atoms with Gasteiger partial charge in [-0.1, -0.05) is 6.92 Å². The normalized spacial score (nSPS) is 33.1. The van der Waals surface area contributed by atoms with Crippen LogP contribution in [0.3, 0.4) is 0 Å². The second-order valence-corrected chi connectivity index (χ2v) is 5.73. The highest BCUT2D eigenvalue weighted by atomic mass is 16.5. The number of nitrogens with one attached hydrogen (secondary N) is 2. The van der Waals surface area contributed by atoms with Gasteiger partial charge < -0.3 is 15.4 Å². The van der Waals surface area contributed by atoms with Crippen molar-refractivity contribution < 1.29 is 9.53 Å². The van der Waals surface area contributed by atoms with Gasteiger partial charge in [0.1, 0.15) is 0 Å². The summed E-state index contributed by atoms with van der Waals surface area (Å²) in [7, 11) is 0. The van der Waals surface area contributed by atoms with Gasteiger partial charge in [0.05, 0.1) is 12.5 Å². The van der Waals surface area contributed by atoms with Crippen molar-refractivity contribution in [1.82, 2.24) is 10.6 Å². The molecule has 0 spiro atoms. The Hall–Kier alpha value is -0.610. The van der Waals surface area contributed by atoms with Crippen LogP contribution in [-0.4, -0.2) is 38.3 Å². The van der Waals surface area contributed by atoms with E-state index in [0.29, 0.717) is 18.3 Å². The van der Waals surface area contributed by atoms with Crippen LogP contribution in [-0.2, 0) is 9.53 Å². The highest BCUT2D eigenvalue weighted by Gasteiger charge is 2.22. The molecule has 0 radical (unpaired) electrons. The van der Waals surface area contributed by atoms with Crippen molar-refractivity contribution in [3.05, 3.63) is 0 Å². The predicted molar refractivity (Wildman–Crippen MR) is 71.4 cm³/mol. The Kier molecular flexibility index (Phi) is 5.45. The van der Waals surface area contributed by atoms with Gasteiger partial charge in [0, 0.05) is 13.2 Å². The van der Waals surface area contributed by atoms with E-state index < -0.39 is 0 Å². The maximum Gasteiger partial charge on any atom is 0.222 e. The SMILES string of the molecule is CC1CCNCC1CNC(=O)CC1CCCCO1. The van der Waals surface area contributed by atoms with Crippen molar-refractivity contribution in [1.29, 1.82) is 0 Å². The van der Waals surface area contributed by atoms with E-state index in [2.05, 4.69) is 17.6 Å². The number of piperidine rings is 1. The lowest BCUT2D eigenvalue weighted by atomic mass is 9.88. The second kappa shape index (κ2) is 7.10. The molecule has 4 nitrogen and oxygen atoms in total. The van der Waals surface area contributed by atoms with E-state index in [1.54, 1.807) is 0 Å². The lowest BCUT2D eigenvalue weighted by Gasteiger charge is -2.30. The molecule has 0 saturated carbocycles. The van der Waals surface area contributed by atoms with Gasteiger partial charge in [-0.15, -0.1) is 0 Å². The molecular formula is C14H26N2O2. The van der Waals surface area contributed by atoms with Crippen LogP contribution in [0.2, 0.25) is 0 Å². The van der Waals surface area contributed by atoms with Crippen molar-refractivity contribution in [2.45, 2.75) is 45.1 Å². The van der Waals surface area contributed by atoms with Crippen LogP contribution in [0.1, 0.15) is 39.0 Å². The zero-order chi connectivity index (χ0) is 12.8. The van der Waals surface area contributed by atoms with Crippen molar-refractivity contribution in [3.8, 4) is 0 Å². The topological polar surface area (TPSA) is 50.4 Å². The number of amides is 1. The molecule has 104 valence electrons. The standard InChI is InChI=1S/C14H26N2O2/c1-11-5-6-15-9-12(11)10-16-14(17)8-13-4-2-3-7-18-13/h11-13,15H,2-10H2,1H3,(H,16,17). The molecule has 1 amide bonds. The number of carbonyl (C=O) groups is 1. The first-order chi connectivity index (χ1) is 8.75. The van der Waals surface area contributed by atoms with E-state index in [4.69, 9.17) is 4.74 Å². The van der Waals surface area contributed by atoms with E-state index in [-0.39, 0.29) is 12.0 Å². The largest absolute Gasteiger partial charge is 0.378 e. The van der Waals surface area contributed by atoms with Gasteiger partial charge in [0.25, 0.3) is 0 Å². The summed E-state index contributed by atoms with van der Waals surface area (Å²) in [6, 6.07) is 0. The van der Waals surface area contributed by atoms with Crippen LogP contribution in [0.4, 0.5) is 0 Å². The molecule has 2 N–H and O–H groups in total. The second-order valence-electron chi connectivity index (χ2n) is 5.73. The van der Waals surface area contributed by atoms with Gasteiger partial charge in [-0.25, -0.2) is 0 Å². The zero-order valence-electron chi connectivity index (χ0n) is 11.4. The maximum atomic E-state index is 11.8. The number of ether oxygens (including phenoxy) is 1. The van der Waals surface area contributed by atoms with Crippen LogP contribution in [0.15, 0.2) is 0 Å². The first kappa shape index (κ1) is 13.8. The summed E-state index contributed by atoms with van der Waals surface area (Å²) in [5.41, 5.74) is 0. The Morgan fingerprint density at radius 2 is 2.28 bits per heavy atom. The third kappa shape index (κ3) is 4.25. The van der Waals surface area contributed by atoms with E-state index in [1.165, 1.54) is 12.8 Å². The molecule has 2 fully saturated rings. The molecule has 0 aliphatic carbocycles. The smallest absolute Gasteiger partial charge is 0.222 e. The van der Waals surface area contributed by atoms with Crippen LogP contribution in [0.5, 0.6) is 0 Å². The fourth-order valence-electron chi connectivity index (χ4n) is 2.82. The van der Waals surface area contributed by atoms with Crippen molar-refractivity contribution in [3.63, 3.8) is 0 Å². The van der Waals surface area contributed by atoms with E-state index >= 15 is 0 Å². The van der Waals surface area contributed by atoms with Crippen molar-refractivity contribution in [2.75, 3.05) is 26.2 Å². The van der Waals surface area contributed by atoms with Crippen LogP contribution < -0.4 is 10.6 Å². The first-order valence-corrected chi connectivity index (χ1v) is 7.34. The van der Waals surface area contributed by atoms with Crippen molar-refractivity contribution in [2.24, 2.45) is 11.8 Å². The molecule has 2 aliphatic heterocycles. The minimum atomic E-state index is 0.152. The Morgan fingerprint density at radius 1 is 1.39 bits per heavy atom. The third-order valence-corrected chi connectivity index (χ3v) is 4.24. The maximum absolute atomic E-state index is 11.8. The van der Waals surface area contributed by atoms with E-state index in [9.17, 15) is 4.79 Å². The van der Waals surface area contributed by atoms with Crippen molar-refractivity contribution >= 4 is 5.91 Å². The Morgan fingerprint density at radius 3 is 3.00 bits per heavy atom. The van der Waals surface area contributed by atoms with Crippen LogP contribution in [0, 0.1) is 11.8 Å². The quantitative estimate of drug-likeness (QED) is 0.795. The molecule has 2 rings (SSSR count). The molecule has 3 unspecified atom stereocenters. The number of hydrogen-bond acceptors (Lipinski definition) is 3. The zero-order valence-corrected chi connectivity index (χ0v) is 11.4. The Labute approximate surface area is 110 Å².